The summed E-state index contributed by atoms with van der Waals surface area (Å²) in [5.41, 5.74) is 0. The van der Waals surface area contributed by atoms with E-state index in [9.17, 15) is 9.59 Å². The maximum atomic E-state index is 12.7. The van der Waals surface area contributed by atoms with E-state index >= 15 is 0 Å². The van der Waals surface area contributed by atoms with Gasteiger partial charge in [-0.25, -0.2) is 0 Å². The van der Waals surface area contributed by atoms with Gasteiger partial charge in [-0.2, -0.15) is 5.21 Å². The highest BCUT2D eigenvalue weighted by molar-refractivity contribution is 5.88. The van der Waals surface area contributed by atoms with Crippen LogP contribution in [0.15, 0.2) is 0 Å². The standard InChI is InChI=1S/C18H32N6O3/c1-12(2)17(25)20-16(13(3)27-11-14-7-5-4-6-8-14)18(26)19-10-9-15-21-23-24-22-15/h12-14,16H,4-11H2,1-3H3,(H,19,26)(H,20,25)(H,21,22,23,24). The topological polar surface area (TPSA) is 122 Å². The highest BCUT2D eigenvalue weighted by Gasteiger charge is 2.29. The van der Waals surface area contributed by atoms with Crippen LogP contribution in [0.3, 0.4) is 0 Å². The molecule has 27 heavy (non-hydrogen) atoms. The highest BCUT2D eigenvalue weighted by atomic mass is 16.5. The molecular formula is C18H32N6O3. The zero-order valence-electron chi connectivity index (χ0n) is 16.5. The molecule has 2 atom stereocenters. The molecule has 0 radical (unpaired) electrons. The van der Waals surface area contributed by atoms with Gasteiger partial charge in [0.15, 0.2) is 5.82 Å². The SMILES string of the molecule is CC(C)C(=O)NC(C(=O)NCCc1nn[nH]n1)C(C)OCC1CCCCC1. The van der Waals surface area contributed by atoms with Crippen molar-refractivity contribution in [2.75, 3.05) is 13.2 Å². The molecule has 2 amide bonds. The number of hydrogen-bond acceptors (Lipinski definition) is 6. The van der Waals surface area contributed by atoms with Gasteiger partial charge in [-0.15, -0.1) is 10.2 Å². The Kier molecular flexibility index (Phi) is 8.63. The first-order valence-electron chi connectivity index (χ1n) is 9.89. The Balaban J connectivity index is 1.87. The van der Waals surface area contributed by atoms with Gasteiger partial charge in [0.2, 0.25) is 11.8 Å². The molecule has 1 aromatic heterocycles. The van der Waals surface area contributed by atoms with E-state index < -0.39 is 12.1 Å². The number of carbonyl (C=O) groups is 2. The lowest BCUT2D eigenvalue weighted by molar-refractivity contribution is -0.134. The average molecular weight is 380 g/mol. The molecule has 1 aliphatic carbocycles. The monoisotopic (exact) mass is 380 g/mol. The predicted octanol–water partition coefficient (Wildman–Crippen LogP) is 0.985. The van der Waals surface area contributed by atoms with Crippen molar-refractivity contribution in [1.82, 2.24) is 31.3 Å². The Bertz CT molecular complexity index is 572. The number of amides is 2. The van der Waals surface area contributed by atoms with Gasteiger partial charge in [0, 0.05) is 25.5 Å². The van der Waals surface area contributed by atoms with Gasteiger partial charge in [-0.05, 0) is 25.7 Å². The maximum Gasteiger partial charge on any atom is 0.245 e. The number of carbonyl (C=O) groups excluding carboxylic acids is 2. The van der Waals surface area contributed by atoms with Crippen LogP contribution in [0, 0.1) is 11.8 Å². The molecule has 9 heteroatoms. The largest absolute Gasteiger partial charge is 0.376 e. The van der Waals surface area contributed by atoms with Crippen LogP contribution in [-0.4, -0.2) is 57.7 Å². The van der Waals surface area contributed by atoms with E-state index in [0.717, 1.165) is 0 Å². The molecular weight excluding hydrogens is 348 g/mol. The second-order valence-electron chi connectivity index (χ2n) is 7.55. The number of ether oxygens (including phenoxy) is 1. The van der Waals surface area contributed by atoms with Gasteiger partial charge in [0.05, 0.1) is 6.10 Å². The Hall–Kier alpha value is -2.03. The van der Waals surface area contributed by atoms with E-state index in [1.54, 1.807) is 13.8 Å². The van der Waals surface area contributed by atoms with Gasteiger partial charge in [0.25, 0.3) is 0 Å². The highest BCUT2D eigenvalue weighted by Crippen LogP contribution is 2.24. The maximum absolute atomic E-state index is 12.7. The molecule has 0 aliphatic heterocycles. The van der Waals surface area contributed by atoms with Gasteiger partial charge in [-0.3, -0.25) is 9.59 Å². The first-order valence-corrected chi connectivity index (χ1v) is 9.89. The molecule has 9 nitrogen and oxygen atoms in total. The first-order chi connectivity index (χ1) is 13.0. The van der Waals surface area contributed by atoms with Gasteiger partial charge in [0.1, 0.15) is 6.04 Å². The summed E-state index contributed by atoms with van der Waals surface area (Å²) in [5.74, 6) is 0.443. The smallest absolute Gasteiger partial charge is 0.245 e. The molecule has 1 heterocycles. The average Bonchev–Trinajstić information content (AvgIpc) is 3.18. The number of aromatic nitrogens is 4. The van der Waals surface area contributed by atoms with E-state index in [-0.39, 0.29) is 17.7 Å². The van der Waals surface area contributed by atoms with E-state index in [1.165, 1.54) is 32.1 Å². The van der Waals surface area contributed by atoms with Crippen LogP contribution in [0.2, 0.25) is 0 Å². The van der Waals surface area contributed by atoms with E-state index in [2.05, 4.69) is 31.3 Å². The predicted molar refractivity (Wildman–Crippen MR) is 99.6 cm³/mol. The van der Waals surface area contributed by atoms with E-state index in [1.807, 2.05) is 6.92 Å². The molecule has 152 valence electrons. The number of H-pyrrole nitrogens is 1. The third-order valence-electron chi connectivity index (χ3n) is 4.93. The molecule has 1 saturated carbocycles. The fraction of sp³-hybridized carbons (Fsp3) is 0.833. The number of hydrogen-bond donors (Lipinski definition) is 3. The van der Waals surface area contributed by atoms with Crippen molar-refractivity contribution in [2.45, 2.75) is 71.4 Å². The zero-order valence-corrected chi connectivity index (χ0v) is 16.5. The molecule has 1 fully saturated rings. The molecule has 2 rings (SSSR count). The van der Waals surface area contributed by atoms with Gasteiger partial charge in [-0.1, -0.05) is 38.3 Å². The molecule has 0 bridgehead atoms. The van der Waals surface area contributed by atoms with E-state index in [4.69, 9.17) is 4.74 Å². The minimum Gasteiger partial charge on any atom is -0.376 e. The van der Waals surface area contributed by atoms with Crippen LogP contribution in [-0.2, 0) is 20.7 Å². The molecule has 0 saturated heterocycles. The van der Waals surface area contributed by atoms with Crippen molar-refractivity contribution in [2.24, 2.45) is 11.8 Å². The fourth-order valence-corrected chi connectivity index (χ4v) is 3.15. The Morgan fingerprint density at radius 3 is 2.56 bits per heavy atom. The third kappa shape index (κ3) is 7.24. The zero-order chi connectivity index (χ0) is 19.6. The third-order valence-corrected chi connectivity index (χ3v) is 4.93. The van der Waals surface area contributed by atoms with Crippen LogP contribution in [0.5, 0.6) is 0 Å². The lowest BCUT2D eigenvalue weighted by Crippen LogP contribution is -2.54. The number of aromatic amines is 1. The summed E-state index contributed by atoms with van der Waals surface area (Å²) < 4.78 is 5.98. The number of rotatable bonds is 10. The van der Waals surface area contributed by atoms with E-state index in [0.29, 0.717) is 31.3 Å². The van der Waals surface area contributed by atoms with Crippen molar-refractivity contribution in [3.8, 4) is 0 Å². The molecule has 1 aliphatic rings. The van der Waals surface area contributed by atoms with Crippen molar-refractivity contribution in [3.63, 3.8) is 0 Å². The summed E-state index contributed by atoms with van der Waals surface area (Å²) in [6.45, 7) is 6.43. The fourth-order valence-electron chi connectivity index (χ4n) is 3.15. The van der Waals surface area contributed by atoms with Crippen LogP contribution >= 0.6 is 0 Å². The van der Waals surface area contributed by atoms with Crippen molar-refractivity contribution in [1.29, 1.82) is 0 Å². The summed E-state index contributed by atoms with van der Waals surface area (Å²) >= 11 is 0. The molecule has 0 aromatic carbocycles. The number of nitrogens with zero attached hydrogens (tertiary/aromatic N) is 3. The summed E-state index contributed by atoms with van der Waals surface area (Å²) in [6.07, 6.45) is 6.18. The summed E-state index contributed by atoms with van der Waals surface area (Å²) in [5, 5.41) is 19.2. The number of nitrogens with one attached hydrogen (secondary N) is 3. The van der Waals surface area contributed by atoms with Crippen LogP contribution in [0.1, 0.15) is 58.7 Å². The molecule has 1 aromatic rings. The number of tetrazole rings is 1. The molecule has 0 spiro atoms. The Morgan fingerprint density at radius 1 is 1.19 bits per heavy atom. The molecule has 3 N–H and O–H groups in total. The Labute approximate surface area is 160 Å². The molecule has 2 unspecified atom stereocenters. The second-order valence-corrected chi connectivity index (χ2v) is 7.55. The minimum absolute atomic E-state index is 0.165. The lowest BCUT2D eigenvalue weighted by atomic mass is 9.90. The van der Waals surface area contributed by atoms with Crippen molar-refractivity contribution in [3.05, 3.63) is 5.82 Å². The van der Waals surface area contributed by atoms with Crippen LogP contribution in [0.4, 0.5) is 0 Å². The van der Waals surface area contributed by atoms with Crippen molar-refractivity contribution >= 4 is 11.8 Å². The van der Waals surface area contributed by atoms with Gasteiger partial charge < -0.3 is 15.4 Å². The van der Waals surface area contributed by atoms with Crippen LogP contribution < -0.4 is 10.6 Å². The quantitative estimate of drug-likeness (QED) is 0.556. The second kappa shape index (κ2) is 11.0. The van der Waals surface area contributed by atoms with Crippen LogP contribution in [0.25, 0.3) is 0 Å². The van der Waals surface area contributed by atoms with Crippen molar-refractivity contribution < 1.29 is 14.3 Å². The summed E-state index contributed by atoms with van der Waals surface area (Å²) in [6, 6.07) is -0.728. The summed E-state index contributed by atoms with van der Waals surface area (Å²) in [4.78, 5) is 24.8. The first kappa shape index (κ1) is 21.3. The lowest BCUT2D eigenvalue weighted by Gasteiger charge is -2.28. The summed E-state index contributed by atoms with van der Waals surface area (Å²) in [7, 11) is 0. The van der Waals surface area contributed by atoms with Gasteiger partial charge >= 0.3 is 0 Å². The normalized spacial score (nSPS) is 17.5. The minimum atomic E-state index is -0.728. The Morgan fingerprint density at radius 2 is 1.93 bits per heavy atom.